The Labute approximate surface area is 179 Å². The number of thioether (sulfide) groups is 1. The van der Waals surface area contributed by atoms with Crippen LogP contribution >= 0.6 is 23.4 Å². The summed E-state index contributed by atoms with van der Waals surface area (Å²) in [6, 6.07) is 14.5. The first kappa shape index (κ1) is 21.1. The van der Waals surface area contributed by atoms with Crippen LogP contribution in [-0.2, 0) is 11.3 Å². The van der Waals surface area contributed by atoms with Gasteiger partial charge in [-0.2, -0.15) is 0 Å². The van der Waals surface area contributed by atoms with Gasteiger partial charge in [-0.05, 0) is 44.2 Å². The van der Waals surface area contributed by atoms with Gasteiger partial charge in [-0.25, -0.2) is 4.98 Å². The summed E-state index contributed by atoms with van der Waals surface area (Å²) in [5.74, 6) is 0.102. The number of allylic oxidation sites excluding steroid dienone is 1. The summed E-state index contributed by atoms with van der Waals surface area (Å²) in [6.07, 6.45) is 1.64. The van der Waals surface area contributed by atoms with Gasteiger partial charge in [0.1, 0.15) is 0 Å². The Morgan fingerprint density at radius 3 is 2.66 bits per heavy atom. The summed E-state index contributed by atoms with van der Waals surface area (Å²) in [4.78, 5) is 32.2. The van der Waals surface area contributed by atoms with E-state index < -0.39 is 0 Å². The molecule has 0 fully saturated rings. The van der Waals surface area contributed by atoms with Crippen molar-refractivity contribution in [1.29, 1.82) is 0 Å². The molecule has 3 aromatic rings. The van der Waals surface area contributed by atoms with Crippen LogP contribution in [0.25, 0.3) is 10.9 Å². The number of carbonyl (C=O) groups is 1. The second kappa shape index (κ2) is 9.29. The number of amides is 1. The van der Waals surface area contributed by atoms with Crippen LogP contribution in [0.1, 0.15) is 13.8 Å². The Bertz CT molecular complexity index is 1100. The first-order valence-electron chi connectivity index (χ1n) is 9.23. The quantitative estimate of drug-likeness (QED) is 0.309. The van der Waals surface area contributed by atoms with Gasteiger partial charge in [0.15, 0.2) is 5.16 Å². The molecule has 2 aromatic carbocycles. The van der Waals surface area contributed by atoms with E-state index in [0.717, 1.165) is 5.69 Å². The van der Waals surface area contributed by atoms with Gasteiger partial charge in [-0.15, -0.1) is 6.58 Å². The maximum Gasteiger partial charge on any atom is 0.262 e. The predicted molar refractivity (Wildman–Crippen MR) is 121 cm³/mol. The summed E-state index contributed by atoms with van der Waals surface area (Å²) in [7, 11) is 0. The zero-order valence-electron chi connectivity index (χ0n) is 16.3. The molecule has 29 heavy (non-hydrogen) atoms. The van der Waals surface area contributed by atoms with E-state index in [1.807, 2.05) is 44.2 Å². The first-order valence-corrected chi connectivity index (χ1v) is 10.6. The monoisotopic (exact) mass is 427 g/mol. The summed E-state index contributed by atoms with van der Waals surface area (Å²) < 4.78 is 1.53. The van der Waals surface area contributed by atoms with E-state index in [1.54, 1.807) is 29.2 Å². The van der Waals surface area contributed by atoms with Gasteiger partial charge in [-0.3, -0.25) is 14.2 Å². The summed E-state index contributed by atoms with van der Waals surface area (Å²) in [5, 5.41) is 1.46. The van der Waals surface area contributed by atoms with Crippen LogP contribution in [0.15, 0.2) is 71.1 Å². The van der Waals surface area contributed by atoms with Gasteiger partial charge < -0.3 is 4.90 Å². The Morgan fingerprint density at radius 1 is 1.28 bits per heavy atom. The Kier molecular flexibility index (Phi) is 6.77. The molecular weight excluding hydrogens is 406 g/mol. The normalized spacial score (nSPS) is 11.0. The van der Waals surface area contributed by atoms with E-state index in [9.17, 15) is 9.59 Å². The summed E-state index contributed by atoms with van der Waals surface area (Å²) >= 11 is 7.30. The highest BCUT2D eigenvalue weighted by molar-refractivity contribution is 7.99. The third kappa shape index (κ3) is 4.71. The lowest BCUT2D eigenvalue weighted by molar-refractivity contribution is -0.116. The second-order valence-corrected chi connectivity index (χ2v) is 8.12. The maximum absolute atomic E-state index is 13.0. The van der Waals surface area contributed by atoms with Crippen molar-refractivity contribution < 1.29 is 4.79 Å². The molecule has 0 aliphatic rings. The second-order valence-electron chi connectivity index (χ2n) is 6.74. The van der Waals surface area contributed by atoms with E-state index in [0.29, 0.717) is 27.6 Å². The SMILES string of the molecule is C=CCn1c(SCC(=O)N(c2ccccc2)C(C)C)nc2cc(Cl)ccc2c1=O. The fourth-order valence-corrected chi connectivity index (χ4v) is 4.12. The molecule has 0 aliphatic carbocycles. The summed E-state index contributed by atoms with van der Waals surface area (Å²) in [6.45, 7) is 7.98. The molecule has 1 amide bonds. The van der Waals surface area contributed by atoms with Gasteiger partial charge in [0.25, 0.3) is 5.56 Å². The predicted octanol–water partition coefficient (Wildman–Crippen LogP) is 4.77. The highest BCUT2D eigenvalue weighted by Crippen LogP contribution is 2.23. The van der Waals surface area contributed by atoms with Gasteiger partial charge in [0.2, 0.25) is 5.91 Å². The van der Waals surface area contributed by atoms with Crippen molar-refractivity contribution in [3.05, 3.63) is 76.6 Å². The minimum Gasteiger partial charge on any atom is -0.309 e. The van der Waals surface area contributed by atoms with Crippen LogP contribution in [0.2, 0.25) is 5.02 Å². The molecule has 0 saturated carbocycles. The van der Waals surface area contributed by atoms with Crippen molar-refractivity contribution in [3.8, 4) is 0 Å². The number of hydrogen-bond acceptors (Lipinski definition) is 4. The standard InChI is InChI=1S/C22H22ClN3O2S/c1-4-12-25-21(28)18-11-10-16(23)13-19(18)24-22(25)29-14-20(27)26(15(2)3)17-8-6-5-7-9-17/h4-11,13,15H,1,12,14H2,2-3H3. The number of fused-ring (bicyclic) bond motifs is 1. The molecule has 0 spiro atoms. The molecule has 1 aromatic heterocycles. The average molecular weight is 428 g/mol. The molecule has 5 nitrogen and oxygen atoms in total. The molecular formula is C22H22ClN3O2S. The molecule has 0 aliphatic heterocycles. The molecule has 0 N–H and O–H groups in total. The van der Waals surface area contributed by atoms with Crippen LogP contribution in [0.4, 0.5) is 5.69 Å². The van der Waals surface area contributed by atoms with Crippen LogP contribution in [0, 0.1) is 0 Å². The van der Waals surface area contributed by atoms with Crippen molar-refractivity contribution in [1.82, 2.24) is 9.55 Å². The number of halogens is 1. The molecule has 150 valence electrons. The third-order valence-electron chi connectivity index (χ3n) is 4.34. The lowest BCUT2D eigenvalue weighted by Crippen LogP contribution is -2.38. The molecule has 0 radical (unpaired) electrons. The van der Waals surface area contributed by atoms with E-state index in [1.165, 1.54) is 16.3 Å². The fourth-order valence-electron chi connectivity index (χ4n) is 3.09. The molecule has 0 bridgehead atoms. The maximum atomic E-state index is 13.0. The fraction of sp³-hybridized carbons (Fsp3) is 0.227. The van der Waals surface area contributed by atoms with Crippen molar-refractivity contribution >= 4 is 45.9 Å². The average Bonchev–Trinajstić information content (AvgIpc) is 2.69. The minimum atomic E-state index is -0.176. The van der Waals surface area contributed by atoms with Crippen LogP contribution in [0.5, 0.6) is 0 Å². The smallest absolute Gasteiger partial charge is 0.262 e. The number of hydrogen-bond donors (Lipinski definition) is 0. The first-order chi connectivity index (χ1) is 13.9. The van der Waals surface area contributed by atoms with Gasteiger partial charge >= 0.3 is 0 Å². The highest BCUT2D eigenvalue weighted by atomic mass is 35.5. The molecule has 0 unspecified atom stereocenters. The highest BCUT2D eigenvalue weighted by Gasteiger charge is 2.20. The number of benzene rings is 2. The molecule has 3 rings (SSSR count). The van der Waals surface area contributed by atoms with Crippen molar-refractivity contribution in [2.75, 3.05) is 10.7 Å². The lowest BCUT2D eigenvalue weighted by atomic mass is 10.2. The molecule has 0 atom stereocenters. The Morgan fingerprint density at radius 2 is 2.00 bits per heavy atom. The number of rotatable bonds is 7. The zero-order valence-corrected chi connectivity index (χ0v) is 17.9. The lowest BCUT2D eigenvalue weighted by Gasteiger charge is -2.27. The Hall–Kier alpha value is -2.57. The van der Waals surface area contributed by atoms with Crippen molar-refractivity contribution in [2.45, 2.75) is 31.6 Å². The van der Waals surface area contributed by atoms with Crippen LogP contribution in [-0.4, -0.2) is 27.3 Å². The minimum absolute atomic E-state index is 0.00392. The van der Waals surface area contributed by atoms with Crippen molar-refractivity contribution in [3.63, 3.8) is 0 Å². The largest absolute Gasteiger partial charge is 0.309 e. The molecule has 7 heteroatoms. The third-order valence-corrected chi connectivity index (χ3v) is 5.53. The number of nitrogens with zero attached hydrogens (tertiary/aromatic N) is 3. The van der Waals surface area contributed by atoms with Gasteiger partial charge in [0.05, 0.1) is 16.7 Å². The summed E-state index contributed by atoms with van der Waals surface area (Å²) in [5.41, 5.74) is 1.18. The van der Waals surface area contributed by atoms with Crippen LogP contribution < -0.4 is 10.5 Å². The molecule has 1 heterocycles. The number of aromatic nitrogens is 2. The molecule has 0 saturated heterocycles. The van der Waals surface area contributed by atoms with E-state index in [2.05, 4.69) is 11.6 Å². The van der Waals surface area contributed by atoms with Crippen molar-refractivity contribution in [2.24, 2.45) is 0 Å². The van der Waals surface area contributed by atoms with Crippen LogP contribution in [0.3, 0.4) is 0 Å². The van der Waals surface area contributed by atoms with E-state index in [-0.39, 0.29) is 23.3 Å². The zero-order chi connectivity index (χ0) is 21.0. The number of para-hydroxylation sites is 1. The number of anilines is 1. The number of carbonyl (C=O) groups excluding carboxylic acids is 1. The van der Waals surface area contributed by atoms with Gasteiger partial charge in [-0.1, -0.05) is 47.6 Å². The topological polar surface area (TPSA) is 55.2 Å². The van der Waals surface area contributed by atoms with E-state index >= 15 is 0 Å². The van der Waals surface area contributed by atoms with Gasteiger partial charge in [0, 0.05) is 23.3 Å². The van der Waals surface area contributed by atoms with E-state index in [4.69, 9.17) is 11.6 Å². The Balaban J connectivity index is 1.92.